The standard InChI is InChI=1S/C15H14F3NO2/c1-10-3-2-4-14(19-10)11-7-12(15(16,17)18)9-13(8-11)21-6-5-20/h2-4,7-9,20H,5-6H2,1H3. The molecule has 0 amide bonds. The van der Waals surface area contributed by atoms with E-state index in [2.05, 4.69) is 4.98 Å². The number of benzene rings is 1. The molecule has 0 spiro atoms. The SMILES string of the molecule is Cc1cccc(-c2cc(OCCO)cc(C(F)(F)F)c2)n1. The van der Waals surface area contributed by atoms with Crippen molar-refractivity contribution in [3.8, 4) is 17.0 Å². The molecule has 0 radical (unpaired) electrons. The number of halogens is 3. The van der Waals surface area contributed by atoms with Crippen LogP contribution in [0.25, 0.3) is 11.3 Å². The minimum Gasteiger partial charge on any atom is -0.491 e. The van der Waals surface area contributed by atoms with Crippen molar-refractivity contribution in [3.05, 3.63) is 47.7 Å². The fourth-order valence-corrected chi connectivity index (χ4v) is 1.86. The van der Waals surface area contributed by atoms with Gasteiger partial charge in [0.15, 0.2) is 0 Å². The molecule has 0 fully saturated rings. The van der Waals surface area contributed by atoms with Crippen LogP contribution >= 0.6 is 0 Å². The molecular weight excluding hydrogens is 283 g/mol. The highest BCUT2D eigenvalue weighted by Crippen LogP contribution is 2.35. The van der Waals surface area contributed by atoms with Crippen LogP contribution in [0.2, 0.25) is 0 Å². The van der Waals surface area contributed by atoms with E-state index >= 15 is 0 Å². The molecule has 1 aromatic carbocycles. The average molecular weight is 297 g/mol. The Morgan fingerprint density at radius 3 is 2.57 bits per heavy atom. The first-order valence-corrected chi connectivity index (χ1v) is 6.30. The van der Waals surface area contributed by atoms with Crippen molar-refractivity contribution < 1.29 is 23.0 Å². The maximum atomic E-state index is 12.9. The van der Waals surface area contributed by atoms with Gasteiger partial charge in [-0.2, -0.15) is 13.2 Å². The van der Waals surface area contributed by atoms with Gasteiger partial charge in [0.2, 0.25) is 0 Å². The lowest BCUT2D eigenvalue weighted by atomic mass is 10.1. The van der Waals surface area contributed by atoms with E-state index in [1.165, 1.54) is 6.07 Å². The minimum absolute atomic E-state index is 0.0529. The van der Waals surface area contributed by atoms with E-state index in [4.69, 9.17) is 9.84 Å². The quantitative estimate of drug-likeness (QED) is 0.940. The van der Waals surface area contributed by atoms with Crippen LogP contribution in [0.5, 0.6) is 5.75 Å². The number of ether oxygens (including phenoxy) is 1. The number of aryl methyl sites for hydroxylation is 1. The number of aromatic nitrogens is 1. The molecule has 21 heavy (non-hydrogen) atoms. The van der Waals surface area contributed by atoms with Crippen molar-refractivity contribution >= 4 is 0 Å². The van der Waals surface area contributed by atoms with Crippen LogP contribution in [0, 0.1) is 6.92 Å². The van der Waals surface area contributed by atoms with Gasteiger partial charge < -0.3 is 9.84 Å². The minimum atomic E-state index is -4.48. The van der Waals surface area contributed by atoms with Crippen LogP contribution in [0.4, 0.5) is 13.2 Å². The summed E-state index contributed by atoms with van der Waals surface area (Å²) in [5, 5.41) is 8.72. The maximum absolute atomic E-state index is 12.9. The molecule has 2 aromatic rings. The molecule has 1 heterocycles. The van der Waals surface area contributed by atoms with Crippen LogP contribution in [-0.4, -0.2) is 23.3 Å². The van der Waals surface area contributed by atoms with Gasteiger partial charge in [0, 0.05) is 11.3 Å². The first kappa shape index (κ1) is 15.3. The monoisotopic (exact) mass is 297 g/mol. The predicted octanol–water partition coefficient (Wildman–Crippen LogP) is 3.45. The number of hydrogen-bond donors (Lipinski definition) is 1. The smallest absolute Gasteiger partial charge is 0.416 e. The molecule has 6 heteroatoms. The molecule has 1 N–H and O–H groups in total. The lowest BCUT2D eigenvalue weighted by Crippen LogP contribution is -2.07. The Kier molecular flexibility index (Phi) is 4.47. The van der Waals surface area contributed by atoms with Crippen molar-refractivity contribution in [1.82, 2.24) is 4.98 Å². The third-order valence-corrected chi connectivity index (χ3v) is 2.78. The van der Waals surface area contributed by atoms with Crippen LogP contribution < -0.4 is 4.74 Å². The topological polar surface area (TPSA) is 42.4 Å². The number of rotatable bonds is 4. The zero-order valence-electron chi connectivity index (χ0n) is 11.3. The van der Waals surface area contributed by atoms with Gasteiger partial charge >= 0.3 is 6.18 Å². The van der Waals surface area contributed by atoms with Crippen molar-refractivity contribution in [3.63, 3.8) is 0 Å². The summed E-state index contributed by atoms with van der Waals surface area (Å²) in [5.74, 6) is 0.0529. The van der Waals surface area contributed by atoms with Gasteiger partial charge in [-0.15, -0.1) is 0 Å². The first-order valence-electron chi connectivity index (χ1n) is 6.30. The maximum Gasteiger partial charge on any atom is 0.416 e. The van der Waals surface area contributed by atoms with Gasteiger partial charge in [0.25, 0.3) is 0 Å². The third-order valence-electron chi connectivity index (χ3n) is 2.78. The summed E-state index contributed by atoms with van der Waals surface area (Å²) in [4.78, 5) is 4.22. The van der Waals surface area contributed by atoms with Crippen LogP contribution in [0.1, 0.15) is 11.3 Å². The second kappa shape index (κ2) is 6.13. The van der Waals surface area contributed by atoms with E-state index in [1.54, 1.807) is 25.1 Å². The predicted molar refractivity (Wildman–Crippen MR) is 72.0 cm³/mol. The lowest BCUT2D eigenvalue weighted by molar-refractivity contribution is -0.137. The number of hydrogen-bond acceptors (Lipinski definition) is 3. The van der Waals surface area contributed by atoms with Gasteiger partial charge in [-0.25, -0.2) is 0 Å². The van der Waals surface area contributed by atoms with E-state index < -0.39 is 11.7 Å². The summed E-state index contributed by atoms with van der Waals surface area (Å²) in [5.41, 5.74) is 0.662. The third kappa shape index (κ3) is 3.95. The molecule has 0 saturated carbocycles. The zero-order valence-corrected chi connectivity index (χ0v) is 11.3. The molecule has 0 aliphatic heterocycles. The van der Waals surface area contributed by atoms with E-state index in [9.17, 15) is 13.2 Å². The Labute approximate surface area is 120 Å². The van der Waals surface area contributed by atoms with Gasteiger partial charge in [-0.1, -0.05) is 6.07 Å². The van der Waals surface area contributed by atoms with Crippen LogP contribution in [-0.2, 0) is 6.18 Å². The molecule has 1 aromatic heterocycles. The van der Waals surface area contributed by atoms with Crippen molar-refractivity contribution in [2.75, 3.05) is 13.2 Å². The van der Waals surface area contributed by atoms with E-state index in [0.717, 1.165) is 12.1 Å². The Morgan fingerprint density at radius 1 is 1.19 bits per heavy atom. The lowest BCUT2D eigenvalue weighted by Gasteiger charge is -2.13. The van der Waals surface area contributed by atoms with Crippen molar-refractivity contribution in [1.29, 1.82) is 0 Å². The van der Waals surface area contributed by atoms with Crippen LogP contribution in [0.15, 0.2) is 36.4 Å². The van der Waals surface area contributed by atoms with Crippen molar-refractivity contribution in [2.24, 2.45) is 0 Å². The molecule has 112 valence electrons. The zero-order chi connectivity index (χ0) is 15.5. The van der Waals surface area contributed by atoms with Crippen molar-refractivity contribution in [2.45, 2.75) is 13.1 Å². The van der Waals surface area contributed by atoms with Gasteiger partial charge in [0.05, 0.1) is 17.9 Å². The van der Waals surface area contributed by atoms with Crippen LogP contribution in [0.3, 0.4) is 0 Å². The molecule has 0 unspecified atom stereocenters. The highest BCUT2D eigenvalue weighted by molar-refractivity contribution is 5.63. The summed E-state index contributed by atoms with van der Waals surface area (Å²) in [7, 11) is 0. The summed E-state index contributed by atoms with van der Waals surface area (Å²) in [6.07, 6.45) is -4.48. The number of aliphatic hydroxyl groups is 1. The number of pyridine rings is 1. The number of aliphatic hydroxyl groups excluding tert-OH is 1. The van der Waals surface area contributed by atoms with Gasteiger partial charge in [-0.05, 0) is 37.3 Å². The second-order valence-corrected chi connectivity index (χ2v) is 4.48. The summed E-state index contributed by atoms with van der Waals surface area (Å²) < 4.78 is 43.9. The van der Waals surface area contributed by atoms with E-state index in [0.29, 0.717) is 17.0 Å². The Morgan fingerprint density at radius 2 is 1.95 bits per heavy atom. The molecule has 2 rings (SSSR count). The molecule has 0 aliphatic rings. The normalized spacial score (nSPS) is 11.5. The largest absolute Gasteiger partial charge is 0.491 e. The fourth-order valence-electron chi connectivity index (χ4n) is 1.86. The highest BCUT2D eigenvalue weighted by atomic mass is 19.4. The number of nitrogens with zero attached hydrogens (tertiary/aromatic N) is 1. The summed E-state index contributed by atoms with van der Waals surface area (Å²) in [6, 6.07) is 8.56. The molecular formula is C15H14F3NO2. The highest BCUT2D eigenvalue weighted by Gasteiger charge is 2.31. The number of alkyl halides is 3. The average Bonchev–Trinajstić information content (AvgIpc) is 2.44. The van der Waals surface area contributed by atoms with E-state index in [-0.39, 0.29) is 19.0 Å². The van der Waals surface area contributed by atoms with Gasteiger partial charge in [-0.3, -0.25) is 4.98 Å². The van der Waals surface area contributed by atoms with Gasteiger partial charge in [0.1, 0.15) is 12.4 Å². The Hall–Kier alpha value is -2.08. The molecule has 0 atom stereocenters. The van der Waals surface area contributed by atoms with E-state index in [1.807, 2.05) is 0 Å². The summed E-state index contributed by atoms with van der Waals surface area (Å²) >= 11 is 0. The Balaban J connectivity index is 2.49. The molecule has 0 aliphatic carbocycles. The Bertz CT molecular complexity index is 627. The summed E-state index contributed by atoms with van der Waals surface area (Å²) in [6.45, 7) is 1.43. The molecule has 0 saturated heterocycles. The molecule has 3 nitrogen and oxygen atoms in total. The fraction of sp³-hybridized carbons (Fsp3) is 0.267. The second-order valence-electron chi connectivity index (χ2n) is 4.48. The first-order chi connectivity index (χ1) is 9.90. The molecule has 0 bridgehead atoms.